The van der Waals surface area contributed by atoms with Gasteiger partial charge in [-0.3, -0.25) is 0 Å². The Hall–Kier alpha value is -1.19. The van der Waals surface area contributed by atoms with Crippen molar-refractivity contribution in [2.75, 3.05) is 0 Å². The van der Waals surface area contributed by atoms with Gasteiger partial charge in [0.2, 0.25) is 0 Å². The van der Waals surface area contributed by atoms with Gasteiger partial charge >= 0.3 is 0 Å². The fraction of sp³-hybridized carbons (Fsp3) is 0.412. The van der Waals surface area contributed by atoms with Crippen LogP contribution in [0, 0.1) is 6.92 Å². The molecule has 0 spiro atoms. The minimum atomic E-state index is 0.115. The van der Waals surface area contributed by atoms with Crippen LogP contribution in [0.5, 0.6) is 0 Å². The van der Waals surface area contributed by atoms with E-state index in [1.807, 2.05) is 0 Å². The van der Waals surface area contributed by atoms with E-state index in [0.29, 0.717) is 0 Å². The first-order valence-electron chi connectivity index (χ1n) is 6.94. The predicted octanol–water partition coefficient (Wildman–Crippen LogP) is 4.77. The third-order valence-electron chi connectivity index (χ3n) is 2.91. The maximum absolute atomic E-state index is 5.84. The highest BCUT2D eigenvalue weighted by Gasteiger charge is 2.10. The minimum absolute atomic E-state index is 0.115. The van der Waals surface area contributed by atoms with Gasteiger partial charge in [0.05, 0.1) is 12.3 Å². The number of hydrogen-bond donors (Lipinski definition) is 1. The predicted molar refractivity (Wildman–Crippen MR) is 86.0 cm³/mol. The van der Waals surface area contributed by atoms with Crippen LogP contribution < -0.4 is 5.32 Å². The average Bonchev–Trinajstić information content (AvgIpc) is 2.83. The van der Waals surface area contributed by atoms with E-state index < -0.39 is 0 Å². The van der Waals surface area contributed by atoms with Gasteiger partial charge in [0.25, 0.3) is 0 Å². The Morgan fingerprint density at radius 2 is 1.65 bits per heavy atom. The molecule has 2 aromatic rings. The largest absolute Gasteiger partial charge is 0.464 e. The number of nitrogens with one attached hydrogen (secondary N) is 1. The van der Waals surface area contributed by atoms with Crippen molar-refractivity contribution >= 4 is 11.8 Å². The van der Waals surface area contributed by atoms with E-state index in [0.717, 1.165) is 23.8 Å². The number of furan rings is 1. The average molecular weight is 289 g/mol. The summed E-state index contributed by atoms with van der Waals surface area (Å²) in [6, 6.07) is 12.7. The molecule has 0 aliphatic rings. The van der Waals surface area contributed by atoms with Crippen LogP contribution in [-0.2, 0) is 12.3 Å². The summed E-state index contributed by atoms with van der Waals surface area (Å²) in [6.45, 7) is 9.35. The van der Waals surface area contributed by atoms with E-state index in [-0.39, 0.29) is 5.54 Å². The zero-order valence-electron chi connectivity index (χ0n) is 12.7. The van der Waals surface area contributed by atoms with Crippen molar-refractivity contribution in [3.05, 3.63) is 53.5 Å². The molecule has 0 amide bonds. The first-order valence-corrected chi connectivity index (χ1v) is 7.93. The molecule has 2 nitrogen and oxygen atoms in total. The summed E-state index contributed by atoms with van der Waals surface area (Å²) in [7, 11) is 0. The van der Waals surface area contributed by atoms with Crippen molar-refractivity contribution in [3.63, 3.8) is 0 Å². The van der Waals surface area contributed by atoms with Gasteiger partial charge in [0.15, 0.2) is 0 Å². The lowest BCUT2D eigenvalue weighted by Gasteiger charge is -2.19. The number of thioether (sulfide) groups is 1. The topological polar surface area (TPSA) is 25.2 Å². The van der Waals surface area contributed by atoms with E-state index in [9.17, 15) is 0 Å². The normalized spacial score (nSPS) is 11.8. The van der Waals surface area contributed by atoms with Gasteiger partial charge in [0.1, 0.15) is 11.5 Å². The maximum Gasteiger partial charge on any atom is 0.118 e. The molecule has 1 aromatic heterocycles. The maximum atomic E-state index is 5.84. The van der Waals surface area contributed by atoms with Gasteiger partial charge in [-0.1, -0.05) is 17.7 Å². The van der Waals surface area contributed by atoms with E-state index in [2.05, 4.69) is 69.4 Å². The van der Waals surface area contributed by atoms with E-state index in [1.54, 1.807) is 11.8 Å². The van der Waals surface area contributed by atoms with Crippen molar-refractivity contribution in [3.8, 4) is 0 Å². The number of aryl methyl sites for hydroxylation is 1. The Balaban J connectivity index is 1.85. The molecule has 1 heterocycles. The number of benzene rings is 1. The summed E-state index contributed by atoms with van der Waals surface area (Å²) in [5, 5.41) is 3.43. The quantitative estimate of drug-likeness (QED) is 0.803. The Bertz CT molecular complexity index is 537. The van der Waals surface area contributed by atoms with Crippen LogP contribution in [0.1, 0.15) is 37.9 Å². The lowest BCUT2D eigenvalue weighted by Crippen LogP contribution is -2.34. The van der Waals surface area contributed by atoms with Crippen molar-refractivity contribution in [2.45, 2.75) is 50.4 Å². The zero-order chi connectivity index (χ0) is 14.6. The van der Waals surface area contributed by atoms with Gasteiger partial charge < -0.3 is 9.73 Å². The second-order valence-corrected chi connectivity index (χ2v) is 7.12. The highest BCUT2D eigenvalue weighted by molar-refractivity contribution is 7.98. The van der Waals surface area contributed by atoms with Crippen molar-refractivity contribution in [2.24, 2.45) is 0 Å². The lowest BCUT2D eigenvalue weighted by molar-refractivity contribution is 0.382. The Labute approximate surface area is 126 Å². The van der Waals surface area contributed by atoms with Crippen LogP contribution in [0.25, 0.3) is 0 Å². The first-order chi connectivity index (χ1) is 9.42. The van der Waals surface area contributed by atoms with Crippen LogP contribution >= 0.6 is 11.8 Å². The molecule has 1 N–H and O–H groups in total. The second-order valence-electron chi connectivity index (χ2n) is 6.07. The second kappa shape index (κ2) is 6.51. The molecule has 0 fully saturated rings. The summed E-state index contributed by atoms with van der Waals surface area (Å²) >= 11 is 1.81. The molecule has 0 unspecified atom stereocenters. The molecule has 108 valence electrons. The van der Waals surface area contributed by atoms with Crippen molar-refractivity contribution < 1.29 is 4.42 Å². The molecule has 0 saturated carbocycles. The monoisotopic (exact) mass is 289 g/mol. The fourth-order valence-electron chi connectivity index (χ4n) is 1.74. The van der Waals surface area contributed by atoms with E-state index in [1.165, 1.54) is 10.5 Å². The van der Waals surface area contributed by atoms with E-state index >= 15 is 0 Å². The van der Waals surface area contributed by atoms with Crippen LogP contribution in [0.3, 0.4) is 0 Å². The molecule has 2 rings (SSSR count). The van der Waals surface area contributed by atoms with E-state index in [4.69, 9.17) is 4.42 Å². The first kappa shape index (κ1) is 15.2. The van der Waals surface area contributed by atoms with Crippen LogP contribution in [0.2, 0.25) is 0 Å². The Kier molecular flexibility index (Phi) is 4.95. The molecule has 0 aliphatic heterocycles. The van der Waals surface area contributed by atoms with Gasteiger partial charge in [-0.25, -0.2) is 0 Å². The Morgan fingerprint density at radius 1 is 1.00 bits per heavy atom. The van der Waals surface area contributed by atoms with Crippen LogP contribution in [0.4, 0.5) is 0 Å². The molecular formula is C17H23NOS. The molecule has 0 aliphatic carbocycles. The van der Waals surface area contributed by atoms with Crippen molar-refractivity contribution in [1.29, 1.82) is 0 Å². The highest BCUT2D eigenvalue weighted by atomic mass is 32.2. The molecule has 0 atom stereocenters. The van der Waals surface area contributed by atoms with Crippen LogP contribution in [-0.4, -0.2) is 5.54 Å². The third-order valence-corrected chi connectivity index (χ3v) is 3.95. The molecular weight excluding hydrogens is 266 g/mol. The summed E-state index contributed by atoms with van der Waals surface area (Å²) in [5.41, 5.74) is 1.41. The summed E-state index contributed by atoms with van der Waals surface area (Å²) in [6.07, 6.45) is 0. The standard InChI is InChI=1S/C17H23NOS/c1-13-5-9-16(10-6-13)20-12-15-8-7-14(19-15)11-18-17(2,3)4/h5-10,18H,11-12H2,1-4H3. The summed E-state index contributed by atoms with van der Waals surface area (Å²) < 4.78 is 5.84. The highest BCUT2D eigenvalue weighted by Crippen LogP contribution is 2.24. The molecule has 20 heavy (non-hydrogen) atoms. The molecule has 1 aromatic carbocycles. The minimum Gasteiger partial charge on any atom is -0.464 e. The lowest BCUT2D eigenvalue weighted by atomic mass is 10.1. The Morgan fingerprint density at radius 3 is 2.30 bits per heavy atom. The van der Waals surface area contributed by atoms with Gasteiger partial charge in [-0.15, -0.1) is 11.8 Å². The molecule has 0 saturated heterocycles. The smallest absolute Gasteiger partial charge is 0.118 e. The van der Waals surface area contributed by atoms with Gasteiger partial charge in [0, 0.05) is 10.4 Å². The SMILES string of the molecule is Cc1ccc(SCc2ccc(CNC(C)(C)C)o2)cc1. The molecule has 0 bridgehead atoms. The number of hydrogen-bond acceptors (Lipinski definition) is 3. The van der Waals surface area contributed by atoms with Crippen LogP contribution in [0.15, 0.2) is 45.7 Å². The zero-order valence-corrected chi connectivity index (χ0v) is 13.5. The fourth-order valence-corrected chi connectivity index (χ4v) is 2.53. The molecule has 3 heteroatoms. The van der Waals surface area contributed by atoms with Crippen molar-refractivity contribution in [1.82, 2.24) is 5.32 Å². The number of rotatable bonds is 5. The van der Waals surface area contributed by atoms with Gasteiger partial charge in [-0.2, -0.15) is 0 Å². The summed E-state index contributed by atoms with van der Waals surface area (Å²) in [5.74, 6) is 2.90. The summed E-state index contributed by atoms with van der Waals surface area (Å²) in [4.78, 5) is 1.28. The van der Waals surface area contributed by atoms with Gasteiger partial charge in [-0.05, 0) is 52.0 Å². The third kappa shape index (κ3) is 5.06. The molecule has 0 radical (unpaired) electrons.